The molecule has 0 amide bonds. The van der Waals surface area contributed by atoms with E-state index in [1.807, 2.05) is 0 Å². The van der Waals surface area contributed by atoms with Crippen LogP contribution in [0, 0.1) is 0 Å². The second kappa shape index (κ2) is 3.46. The zero-order valence-electron chi connectivity index (χ0n) is 3.47. The van der Waals surface area contributed by atoms with E-state index in [0.29, 0.717) is 12.4 Å². The van der Waals surface area contributed by atoms with E-state index in [0.717, 1.165) is 6.08 Å². The van der Waals surface area contributed by atoms with Gasteiger partial charge in [0.2, 0.25) is 0 Å². The lowest BCUT2D eigenvalue weighted by atomic mass is 10.5. The smallest absolute Gasteiger partial charge is 0.257 e. The van der Waals surface area contributed by atoms with Gasteiger partial charge in [0.05, 0.1) is 0 Å². The fourth-order valence-electron chi connectivity index (χ4n) is 0.129. The van der Waals surface area contributed by atoms with Gasteiger partial charge >= 0.3 is 0 Å². The summed E-state index contributed by atoms with van der Waals surface area (Å²) in [7, 11) is 0. The molecule has 0 aromatic carbocycles. The molecule has 0 atom stereocenters. The maximum atomic E-state index is 11.0. The quantitative estimate of drug-likeness (QED) is 0.379. The summed E-state index contributed by atoms with van der Waals surface area (Å²) in [6, 6.07) is 0. The monoisotopic (exact) mass is 106 g/mol. The molecule has 1 nitrogen and oxygen atoms in total. The van der Waals surface area contributed by atoms with E-state index in [4.69, 9.17) is 0 Å². The van der Waals surface area contributed by atoms with Gasteiger partial charge in [-0.2, -0.15) is 0 Å². The van der Waals surface area contributed by atoms with Gasteiger partial charge in [-0.25, -0.2) is 8.78 Å². The Morgan fingerprint density at radius 2 is 2.00 bits per heavy atom. The van der Waals surface area contributed by atoms with Crippen LogP contribution in [0.25, 0.3) is 0 Å². The average Bonchev–Trinajstić information content (AvgIpc) is 1.61. The predicted octanol–water partition coefficient (Wildman–Crippen LogP) is 1.01. The van der Waals surface area contributed by atoms with E-state index in [1.165, 1.54) is 0 Å². The summed E-state index contributed by atoms with van der Waals surface area (Å²) < 4.78 is 22.0. The Labute approximate surface area is 39.6 Å². The Balaban J connectivity index is 3.25. The molecule has 0 bridgehead atoms. The predicted molar refractivity (Wildman–Crippen MR) is 21.2 cm³/mol. The van der Waals surface area contributed by atoms with Crippen LogP contribution in [0.4, 0.5) is 8.78 Å². The lowest BCUT2D eigenvalue weighted by Gasteiger charge is -1.78. The van der Waals surface area contributed by atoms with E-state index in [-0.39, 0.29) is 0 Å². The van der Waals surface area contributed by atoms with Crippen LogP contribution in [0.1, 0.15) is 0 Å². The van der Waals surface area contributed by atoms with Gasteiger partial charge in [-0.15, -0.1) is 0 Å². The summed E-state index contributed by atoms with van der Waals surface area (Å²) in [5.74, 6) is 0. The highest BCUT2D eigenvalue weighted by molar-refractivity contribution is 5.64. The van der Waals surface area contributed by atoms with Gasteiger partial charge in [0.1, 0.15) is 6.29 Å². The van der Waals surface area contributed by atoms with E-state index in [2.05, 4.69) is 0 Å². The van der Waals surface area contributed by atoms with Gasteiger partial charge < -0.3 is 0 Å². The van der Waals surface area contributed by atoms with Gasteiger partial charge in [-0.3, -0.25) is 4.79 Å². The number of halogens is 2. The summed E-state index contributed by atoms with van der Waals surface area (Å²) in [6.45, 7) is 0. The average molecular weight is 106 g/mol. The van der Waals surface area contributed by atoms with Gasteiger partial charge in [-0.05, 0) is 12.2 Å². The van der Waals surface area contributed by atoms with Crippen molar-refractivity contribution in [2.24, 2.45) is 0 Å². The summed E-state index contributed by atoms with van der Waals surface area (Å²) in [5, 5.41) is 0. The van der Waals surface area contributed by atoms with Crippen LogP contribution >= 0.6 is 0 Å². The molecule has 0 aliphatic rings. The largest absolute Gasteiger partial charge is 0.299 e. The zero-order chi connectivity index (χ0) is 5.70. The molecule has 0 unspecified atom stereocenters. The van der Waals surface area contributed by atoms with Crippen LogP contribution in [0.15, 0.2) is 12.2 Å². The summed E-state index contributed by atoms with van der Waals surface area (Å²) in [6.07, 6.45) is -0.908. The molecule has 0 radical (unpaired) electrons. The number of alkyl halides is 2. The van der Waals surface area contributed by atoms with Gasteiger partial charge in [0.25, 0.3) is 6.43 Å². The van der Waals surface area contributed by atoms with E-state index in [9.17, 15) is 13.6 Å². The first-order chi connectivity index (χ1) is 3.27. The van der Waals surface area contributed by atoms with Gasteiger partial charge in [-0.1, -0.05) is 0 Å². The van der Waals surface area contributed by atoms with Gasteiger partial charge in [0, 0.05) is 0 Å². The number of hydrogen-bond donors (Lipinski definition) is 0. The van der Waals surface area contributed by atoms with Crippen LogP contribution in [-0.4, -0.2) is 12.7 Å². The maximum Gasteiger partial charge on any atom is 0.257 e. The Morgan fingerprint density at radius 1 is 1.43 bits per heavy atom. The highest BCUT2D eigenvalue weighted by Crippen LogP contribution is 1.90. The highest BCUT2D eigenvalue weighted by Gasteiger charge is 1.89. The molecule has 0 fully saturated rings. The number of aldehydes is 1. The molecule has 7 heavy (non-hydrogen) atoms. The molecule has 0 aliphatic heterocycles. The van der Waals surface area contributed by atoms with Crippen LogP contribution in [-0.2, 0) is 4.79 Å². The van der Waals surface area contributed by atoms with Crippen molar-refractivity contribution in [1.82, 2.24) is 0 Å². The summed E-state index contributed by atoms with van der Waals surface area (Å²) in [4.78, 5) is 9.29. The van der Waals surface area contributed by atoms with Crippen LogP contribution < -0.4 is 0 Å². The van der Waals surface area contributed by atoms with Crippen molar-refractivity contribution in [3.63, 3.8) is 0 Å². The lowest BCUT2D eigenvalue weighted by molar-refractivity contribution is -0.104. The van der Waals surface area contributed by atoms with Crippen molar-refractivity contribution in [1.29, 1.82) is 0 Å². The van der Waals surface area contributed by atoms with E-state index < -0.39 is 6.43 Å². The van der Waals surface area contributed by atoms with Gasteiger partial charge in [0.15, 0.2) is 0 Å². The zero-order valence-corrected chi connectivity index (χ0v) is 3.47. The van der Waals surface area contributed by atoms with Crippen LogP contribution in [0.5, 0.6) is 0 Å². The van der Waals surface area contributed by atoms with E-state index in [1.54, 1.807) is 0 Å². The minimum Gasteiger partial charge on any atom is -0.299 e. The molecule has 0 spiro atoms. The van der Waals surface area contributed by atoms with Crippen LogP contribution in [0.3, 0.4) is 0 Å². The topological polar surface area (TPSA) is 17.1 Å². The van der Waals surface area contributed by atoms with Crippen molar-refractivity contribution >= 4 is 6.29 Å². The minimum atomic E-state index is -2.51. The Bertz CT molecular complexity index is 77.8. The fraction of sp³-hybridized carbons (Fsp3) is 0.250. The molecule has 0 saturated carbocycles. The number of allylic oxidation sites excluding steroid dienone is 2. The Hall–Kier alpha value is -0.730. The number of carbonyl (C=O) groups excluding carboxylic acids is 1. The molecule has 0 rings (SSSR count). The molecular formula is C4H4F2O. The van der Waals surface area contributed by atoms with Crippen molar-refractivity contribution in [2.75, 3.05) is 0 Å². The molecule has 0 aromatic heterocycles. The minimum absolute atomic E-state index is 0.312. The third-order valence-electron chi connectivity index (χ3n) is 0.335. The normalized spacial score (nSPS) is 10.7. The summed E-state index contributed by atoms with van der Waals surface area (Å²) in [5.41, 5.74) is 0. The molecule has 0 aromatic rings. The van der Waals surface area contributed by atoms with E-state index >= 15 is 0 Å². The fourth-order valence-corrected chi connectivity index (χ4v) is 0.129. The second-order valence-electron chi connectivity index (χ2n) is 0.855. The SMILES string of the molecule is O=CC=CC(F)F. The molecule has 0 N–H and O–H groups in total. The third-order valence-corrected chi connectivity index (χ3v) is 0.335. The number of carbonyl (C=O) groups is 1. The van der Waals surface area contributed by atoms with Crippen LogP contribution in [0.2, 0.25) is 0 Å². The van der Waals surface area contributed by atoms with Crippen molar-refractivity contribution in [2.45, 2.75) is 6.43 Å². The number of hydrogen-bond acceptors (Lipinski definition) is 1. The first-order valence-electron chi connectivity index (χ1n) is 1.67. The Kier molecular flexibility index (Phi) is 3.10. The van der Waals surface area contributed by atoms with Crippen molar-refractivity contribution in [3.8, 4) is 0 Å². The third kappa shape index (κ3) is 5.27. The van der Waals surface area contributed by atoms with Crippen molar-refractivity contribution < 1.29 is 13.6 Å². The standard InChI is InChI=1S/C4H4F2O/c5-4(6)2-1-3-7/h1-4H. The van der Waals surface area contributed by atoms with Crippen molar-refractivity contribution in [3.05, 3.63) is 12.2 Å². The highest BCUT2D eigenvalue weighted by atomic mass is 19.3. The summed E-state index contributed by atoms with van der Waals surface area (Å²) >= 11 is 0. The second-order valence-corrected chi connectivity index (χ2v) is 0.855. The maximum absolute atomic E-state index is 11.0. The Morgan fingerprint density at radius 3 is 2.14 bits per heavy atom. The first-order valence-corrected chi connectivity index (χ1v) is 1.67. The molecule has 0 saturated heterocycles. The lowest BCUT2D eigenvalue weighted by Crippen LogP contribution is -1.78. The number of rotatable bonds is 2. The molecule has 40 valence electrons. The molecule has 3 heteroatoms. The molecule has 0 heterocycles. The molecular weight excluding hydrogens is 102 g/mol. The molecule has 0 aliphatic carbocycles. The first kappa shape index (κ1) is 6.27.